The van der Waals surface area contributed by atoms with Crippen LogP contribution in [0.3, 0.4) is 0 Å². The molecule has 110 valence electrons. The molecular weight excluding hydrogens is 277 g/mol. The summed E-state index contributed by atoms with van der Waals surface area (Å²) in [6.07, 6.45) is -4.37. The summed E-state index contributed by atoms with van der Waals surface area (Å²) in [5, 5.41) is 10.7. The monoisotopic (exact) mass is 290 g/mol. The number of anilines is 1. The number of nitrogens with one attached hydrogen (secondary N) is 1. The highest BCUT2D eigenvalue weighted by atomic mass is 19.4. The molecule has 2 N–H and O–H groups in total. The molecule has 20 heavy (non-hydrogen) atoms. The number of hydrogen-bond donors (Lipinski definition) is 2. The minimum atomic E-state index is -4.37. The molecule has 0 unspecified atom stereocenters. The summed E-state index contributed by atoms with van der Waals surface area (Å²) >= 11 is 0. The highest BCUT2D eigenvalue weighted by Gasteiger charge is 2.26. The third-order valence-electron chi connectivity index (χ3n) is 2.48. The average molecular weight is 290 g/mol. The van der Waals surface area contributed by atoms with E-state index in [1.807, 2.05) is 5.32 Å². The Bertz CT molecular complexity index is 486. The van der Waals surface area contributed by atoms with E-state index in [4.69, 9.17) is 5.11 Å². The van der Waals surface area contributed by atoms with Gasteiger partial charge in [-0.05, 0) is 24.3 Å². The molecule has 1 amide bonds. The van der Waals surface area contributed by atoms with Crippen LogP contribution in [0.1, 0.15) is 10.4 Å². The number of alkyl halides is 3. The summed E-state index contributed by atoms with van der Waals surface area (Å²) in [5.41, 5.74) is 0.457. The summed E-state index contributed by atoms with van der Waals surface area (Å²) in [5.74, 6) is -1.66. The number of carboxylic acid groups (broad SMARTS) is 1. The number of rotatable bonds is 5. The Hall–Kier alpha value is -2.09. The topological polar surface area (TPSA) is 69.6 Å². The minimum Gasteiger partial charge on any atom is -0.478 e. The molecule has 0 aliphatic rings. The highest BCUT2D eigenvalue weighted by Crippen LogP contribution is 2.14. The van der Waals surface area contributed by atoms with Gasteiger partial charge < -0.3 is 15.3 Å². The van der Waals surface area contributed by atoms with E-state index < -0.39 is 31.1 Å². The van der Waals surface area contributed by atoms with Gasteiger partial charge in [-0.1, -0.05) is 0 Å². The van der Waals surface area contributed by atoms with E-state index in [9.17, 15) is 22.8 Å². The number of aromatic carboxylic acids is 1. The first kappa shape index (κ1) is 16.0. The van der Waals surface area contributed by atoms with E-state index >= 15 is 0 Å². The lowest BCUT2D eigenvalue weighted by molar-refractivity contribution is -0.127. The van der Waals surface area contributed by atoms with Gasteiger partial charge in [0.05, 0.1) is 18.7 Å². The van der Waals surface area contributed by atoms with Gasteiger partial charge in [-0.15, -0.1) is 0 Å². The molecule has 0 heterocycles. The molecule has 0 aliphatic heterocycles. The maximum atomic E-state index is 11.9. The number of hydrogen-bond acceptors (Lipinski definition) is 3. The number of nitrogens with zero attached hydrogens (tertiary/aromatic N) is 1. The Kier molecular flexibility index (Phi) is 5.09. The number of likely N-dealkylation sites (N-methyl/N-ethyl adjacent to an activating group) is 1. The molecule has 0 fully saturated rings. The zero-order valence-electron chi connectivity index (χ0n) is 10.6. The van der Waals surface area contributed by atoms with Crippen LogP contribution in [-0.4, -0.2) is 43.3 Å². The maximum Gasteiger partial charge on any atom is 0.401 e. The second-order valence-corrected chi connectivity index (χ2v) is 4.02. The average Bonchev–Trinajstić information content (AvgIpc) is 2.36. The summed E-state index contributed by atoms with van der Waals surface area (Å²) in [7, 11) is 1.40. The van der Waals surface area contributed by atoms with Crippen LogP contribution in [0.15, 0.2) is 24.3 Å². The van der Waals surface area contributed by atoms with E-state index in [-0.39, 0.29) is 5.56 Å². The smallest absolute Gasteiger partial charge is 0.401 e. The summed E-state index contributed by atoms with van der Waals surface area (Å²) < 4.78 is 35.7. The molecule has 5 nitrogen and oxygen atoms in total. The first-order valence-electron chi connectivity index (χ1n) is 5.58. The van der Waals surface area contributed by atoms with E-state index in [1.54, 1.807) is 0 Å². The Balaban J connectivity index is 2.58. The van der Waals surface area contributed by atoms with Crippen molar-refractivity contribution in [1.82, 2.24) is 5.32 Å². The van der Waals surface area contributed by atoms with Crippen LogP contribution >= 0.6 is 0 Å². The zero-order valence-corrected chi connectivity index (χ0v) is 10.6. The van der Waals surface area contributed by atoms with Crippen molar-refractivity contribution >= 4 is 17.6 Å². The van der Waals surface area contributed by atoms with Crippen molar-refractivity contribution in [2.75, 3.05) is 25.0 Å². The molecule has 0 bridgehead atoms. The Morgan fingerprint density at radius 3 is 2.25 bits per heavy atom. The molecule has 8 heteroatoms. The van der Waals surface area contributed by atoms with Gasteiger partial charge >= 0.3 is 12.1 Å². The second-order valence-electron chi connectivity index (χ2n) is 4.02. The lowest BCUT2D eigenvalue weighted by Gasteiger charge is -2.18. The van der Waals surface area contributed by atoms with E-state index in [0.717, 1.165) is 4.90 Å². The molecule has 0 saturated heterocycles. The summed E-state index contributed by atoms with van der Waals surface area (Å²) in [6, 6.07) is 5.44. The molecule has 0 atom stereocenters. The third kappa shape index (κ3) is 4.88. The fourth-order valence-corrected chi connectivity index (χ4v) is 1.40. The lowest BCUT2D eigenvalue weighted by Crippen LogP contribution is -2.39. The van der Waals surface area contributed by atoms with Gasteiger partial charge in [-0.25, -0.2) is 4.79 Å². The van der Waals surface area contributed by atoms with Crippen LogP contribution in [0.5, 0.6) is 0 Å². The van der Waals surface area contributed by atoms with E-state index in [0.29, 0.717) is 5.69 Å². The van der Waals surface area contributed by atoms with Crippen LogP contribution in [-0.2, 0) is 4.79 Å². The van der Waals surface area contributed by atoms with E-state index in [1.165, 1.54) is 31.3 Å². The van der Waals surface area contributed by atoms with Gasteiger partial charge in [-0.2, -0.15) is 13.2 Å². The maximum absolute atomic E-state index is 11.9. The standard InChI is InChI=1S/C12H13F3N2O3/c1-17(10(18)6-16-7-12(13,14)15)9-4-2-8(3-5-9)11(19)20/h2-5,16H,6-7H2,1H3,(H,19,20). The van der Waals surface area contributed by atoms with Crippen LogP contribution in [0, 0.1) is 0 Å². The van der Waals surface area contributed by atoms with Gasteiger partial charge in [0.2, 0.25) is 5.91 Å². The summed E-state index contributed by atoms with van der Waals surface area (Å²) in [4.78, 5) is 23.4. The number of benzene rings is 1. The Morgan fingerprint density at radius 1 is 1.25 bits per heavy atom. The molecule has 1 aromatic rings. The fraction of sp³-hybridized carbons (Fsp3) is 0.333. The van der Waals surface area contributed by atoms with Gasteiger partial charge in [0.15, 0.2) is 0 Å². The second kappa shape index (κ2) is 6.38. The zero-order chi connectivity index (χ0) is 15.3. The highest BCUT2D eigenvalue weighted by molar-refractivity contribution is 5.95. The van der Waals surface area contributed by atoms with Crippen LogP contribution < -0.4 is 10.2 Å². The van der Waals surface area contributed by atoms with E-state index in [2.05, 4.69) is 0 Å². The van der Waals surface area contributed by atoms with Crippen molar-refractivity contribution in [3.63, 3.8) is 0 Å². The first-order chi connectivity index (χ1) is 9.20. The SMILES string of the molecule is CN(C(=O)CNCC(F)(F)F)c1ccc(C(=O)O)cc1. The van der Waals surface area contributed by atoms with Gasteiger partial charge in [-0.3, -0.25) is 4.79 Å². The molecule has 0 spiro atoms. The lowest BCUT2D eigenvalue weighted by atomic mass is 10.2. The molecular formula is C12H13F3N2O3. The number of carbonyl (C=O) groups excluding carboxylic acids is 1. The fourth-order valence-electron chi connectivity index (χ4n) is 1.40. The number of amides is 1. The minimum absolute atomic E-state index is 0.0600. The van der Waals surface area contributed by atoms with Crippen molar-refractivity contribution in [3.8, 4) is 0 Å². The number of halogens is 3. The molecule has 0 saturated carbocycles. The third-order valence-corrected chi connectivity index (χ3v) is 2.48. The molecule has 0 aliphatic carbocycles. The molecule has 0 aromatic heterocycles. The van der Waals surface area contributed by atoms with Crippen molar-refractivity contribution in [3.05, 3.63) is 29.8 Å². The molecule has 1 rings (SSSR count). The molecule has 1 aromatic carbocycles. The normalized spacial score (nSPS) is 11.2. The summed E-state index contributed by atoms with van der Waals surface area (Å²) in [6.45, 7) is -1.71. The van der Waals surface area contributed by atoms with Crippen LogP contribution in [0.25, 0.3) is 0 Å². The van der Waals surface area contributed by atoms with Gasteiger partial charge in [0.25, 0.3) is 0 Å². The quantitative estimate of drug-likeness (QED) is 0.862. The van der Waals surface area contributed by atoms with Crippen LogP contribution in [0.2, 0.25) is 0 Å². The number of carboxylic acids is 1. The van der Waals surface area contributed by atoms with Gasteiger partial charge in [0.1, 0.15) is 0 Å². The first-order valence-corrected chi connectivity index (χ1v) is 5.58. The Labute approximate surface area is 113 Å². The largest absolute Gasteiger partial charge is 0.478 e. The van der Waals surface area contributed by atoms with Crippen molar-refractivity contribution in [1.29, 1.82) is 0 Å². The van der Waals surface area contributed by atoms with Crippen molar-refractivity contribution < 1.29 is 27.9 Å². The van der Waals surface area contributed by atoms with Gasteiger partial charge in [0, 0.05) is 12.7 Å². The van der Waals surface area contributed by atoms with Crippen molar-refractivity contribution in [2.24, 2.45) is 0 Å². The van der Waals surface area contributed by atoms with Crippen molar-refractivity contribution in [2.45, 2.75) is 6.18 Å². The predicted octanol–water partition coefficient (Wildman–Crippen LogP) is 1.50. The van der Waals surface area contributed by atoms with Crippen LogP contribution in [0.4, 0.5) is 18.9 Å². The predicted molar refractivity (Wildman–Crippen MR) is 65.7 cm³/mol. The Morgan fingerprint density at radius 2 is 1.80 bits per heavy atom. The number of carbonyl (C=O) groups is 2. The molecule has 0 radical (unpaired) electrons.